The molecule has 1 aromatic heterocycles. The molecular weight excluding hydrogens is 436 g/mol. The summed E-state index contributed by atoms with van der Waals surface area (Å²) in [7, 11) is -3.67. The first kappa shape index (κ1) is 22.8. The lowest BCUT2D eigenvalue weighted by atomic mass is 10.0. The van der Waals surface area contributed by atoms with Crippen molar-refractivity contribution in [2.45, 2.75) is 50.2 Å². The highest BCUT2D eigenvalue weighted by atomic mass is 32.2. The van der Waals surface area contributed by atoms with E-state index in [1.807, 2.05) is 20.8 Å². The highest BCUT2D eigenvalue weighted by molar-refractivity contribution is 7.89. The number of ether oxygens (including phenoxy) is 1. The number of hydrogen-bond acceptors (Lipinski definition) is 7. The fourth-order valence-electron chi connectivity index (χ4n) is 4.28. The Morgan fingerprint density at radius 1 is 1.09 bits per heavy atom. The van der Waals surface area contributed by atoms with E-state index in [2.05, 4.69) is 9.88 Å². The molecule has 2 aliphatic heterocycles. The van der Waals surface area contributed by atoms with Gasteiger partial charge in [-0.2, -0.15) is 4.31 Å². The molecule has 4 rings (SSSR count). The van der Waals surface area contributed by atoms with Gasteiger partial charge in [-0.15, -0.1) is 0 Å². The predicted molar refractivity (Wildman–Crippen MR) is 118 cm³/mol. The Kier molecular flexibility index (Phi) is 6.08. The van der Waals surface area contributed by atoms with Crippen molar-refractivity contribution in [2.24, 2.45) is 0 Å². The van der Waals surface area contributed by atoms with Gasteiger partial charge in [0.1, 0.15) is 5.60 Å². The van der Waals surface area contributed by atoms with Crippen LogP contribution in [0.1, 0.15) is 33.6 Å². The Bertz CT molecular complexity index is 1130. The zero-order chi connectivity index (χ0) is 23.1. The van der Waals surface area contributed by atoms with Crippen LogP contribution < -0.4 is 5.76 Å². The van der Waals surface area contributed by atoms with Crippen molar-refractivity contribution < 1.29 is 22.4 Å². The molecule has 0 bridgehead atoms. The number of carbonyl (C=O) groups excluding carboxylic acids is 1. The molecule has 2 fully saturated rings. The van der Waals surface area contributed by atoms with Crippen LogP contribution in [-0.4, -0.2) is 84.5 Å². The van der Waals surface area contributed by atoms with E-state index in [-0.39, 0.29) is 22.6 Å². The third-order valence-electron chi connectivity index (χ3n) is 5.94. The summed E-state index contributed by atoms with van der Waals surface area (Å²) in [6.07, 6.45) is 1.17. The Labute approximate surface area is 187 Å². The van der Waals surface area contributed by atoms with Crippen molar-refractivity contribution in [3.05, 3.63) is 28.7 Å². The van der Waals surface area contributed by atoms with Gasteiger partial charge < -0.3 is 14.1 Å². The summed E-state index contributed by atoms with van der Waals surface area (Å²) in [6.45, 7) is 9.13. The van der Waals surface area contributed by atoms with Crippen molar-refractivity contribution in [1.29, 1.82) is 0 Å². The molecule has 11 heteroatoms. The summed E-state index contributed by atoms with van der Waals surface area (Å²) >= 11 is 0. The molecule has 0 spiro atoms. The number of nitrogens with one attached hydrogen (secondary N) is 1. The number of H-pyrrole nitrogens is 1. The summed E-state index contributed by atoms with van der Waals surface area (Å²) in [6, 6.07) is 4.71. The number of benzene rings is 1. The van der Waals surface area contributed by atoms with Crippen molar-refractivity contribution in [3.63, 3.8) is 0 Å². The maximum atomic E-state index is 13.1. The Morgan fingerprint density at radius 2 is 1.75 bits per heavy atom. The van der Waals surface area contributed by atoms with Crippen LogP contribution in [0.4, 0.5) is 4.79 Å². The van der Waals surface area contributed by atoms with Crippen LogP contribution in [0.2, 0.25) is 0 Å². The first-order valence-electron chi connectivity index (χ1n) is 10.9. The lowest BCUT2D eigenvalue weighted by Crippen LogP contribution is -2.55. The standard InChI is InChI=1S/C21H30N4O6S/c1-21(2,3)31-20(27)24-12-10-23(11-13-24)15-6-8-25(9-7-15)32(28,29)16-4-5-17-18(14-16)30-19(26)22-17/h4-5,14-15H,6-13H2,1-3H3,(H,22,26). The van der Waals surface area contributed by atoms with Crippen LogP contribution >= 0.6 is 0 Å². The quantitative estimate of drug-likeness (QED) is 0.733. The molecule has 0 atom stereocenters. The van der Waals surface area contributed by atoms with Crippen LogP contribution in [0.25, 0.3) is 11.1 Å². The van der Waals surface area contributed by atoms with Gasteiger partial charge in [0.25, 0.3) is 0 Å². The number of nitrogens with zero attached hydrogens (tertiary/aromatic N) is 3. The molecule has 32 heavy (non-hydrogen) atoms. The number of piperazine rings is 1. The molecule has 2 aliphatic rings. The molecule has 1 N–H and O–H groups in total. The summed E-state index contributed by atoms with van der Waals surface area (Å²) in [5, 5.41) is 0. The summed E-state index contributed by atoms with van der Waals surface area (Å²) < 4.78 is 38.1. The molecule has 1 amide bonds. The number of aromatic amines is 1. The molecular formula is C21H30N4O6S. The molecule has 2 saturated heterocycles. The van der Waals surface area contributed by atoms with E-state index >= 15 is 0 Å². The second-order valence-electron chi connectivity index (χ2n) is 9.31. The number of piperidine rings is 1. The average molecular weight is 467 g/mol. The molecule has 10 nitrogen and oxygen atoms in total. The Hall–Kier alpha value is -2.37. The van der Waals surface area contributed by atoms with Crippen LogP contribution in [0.5, 0.6) is 0 Å². The lowest BCUT2D eigenvalue weighted by molar-refractivity contribution is 0.00747. The molecule has 0 saturated carbocycles. The van der Waals surface area contributed by atoms with Gasteiger partial charge in [0.15, 0.2) is 5.58 Å². The van der Waals surface area contributed by atoms with E-state index in [9.17, 15) is 18.0 Å². The van der Waals surface area contributed by atoms with E-state index in [1.54, 1.807) is 11.0 Å². The number of rotatable bonds is 3. The second kappa shape index (κ2) is 8.53. The van der Waals surface area contributed by atoms with Gasteiger partial charge in [0, 0.05) is 51.4 Å². The molecule has 0 radical (unpaired) electrons. The van der Waals surface area contributed by atoms with E-state index in [0.29, 0.717) is 31.7 Å². The van der Waals surface area contributed by atoms with Gasteiger partial charge in [0.2, 0.25) is 10.0 Å². The zero-order valence-electron chi connectivity index (χ0n) is 18.7. The first-order valence-corrected chi connectivity index (χ1v) is 12.3. The Morgan fingerprint density at radius 3 is 2.38 bits per heavy atom. The molecule has 0 aliphatic carbocycles. The third-order valence-corrected chi connectivity index (χ3v) is 7.83. The van der Waals surface area contributed by atoms with Crippen LogP contribution in [0.3, 0.4) is 0 Å². The van der Waals surface area contributed by atoms with E-state index in [0.717, 1.165) is 25.9 Å². The second-order valence-corrected chi connectivity index (χ2v) is 11.2. The first-order chi connectivity index (χ1) is 15.0. The number of carbonyl (C=O) groups is 1. The number of hydrogen-bond donors (Lipinski definition) is 1. The van der Waals surface area contributed by atoms with Crippen LogP contribution in [-0.2, 0) is 14.8 Å². The molecule has 0 unspecified atom stereocenters. The SMILES string of the molecule is CC(C)(C)OC(=O)N1CCN(C2CCN(S(=O)(=O)c3ccc4[nH]c(=O)oc4c3)CC2)CC1. The number of fused-ring (bicyclic) bond motifs is 1. The van der Waals surface area contributed by atoms with Crippen LogP contribution in [0, 0.1) is 0 Å². The van der Waals surface area contributed by atoms with Crippen molar-refractivity contribution in [1.82, 2.24) is 19.1 Å². The molecule has 2 aromatic rings. The minimum atomic E-state index is -3.67. The highest BCUT2D eigenvalue weighted by Gasteiger charge is 2.34. The fraction of sp³-hybridized carbons (Fsp3) is 0.619. The summed E-state index contributed by atoms with van der Waals surface area (Å²) in [5.74, 6) is -0.609. The summed E-state index contributed by atoms with van der Waals surface area (Å²) in [5.41, 5.74) is 0.191. The maximum Gasteiger partial charge on any atom is 0.417 e. The Balaban J connectivity index is 1.33. The van der Waals surface area contributed by atoms with Gasteiger partial charge >= 0.3 is 11.8 Å². The lowest BCUT2D eigenvalue weighted by Gasteiger charge is -2.42. The van der Waals surface area contributed by atoms with Crippen molar-refractivity contribution >= 4 is 27.2 Å². The third kappa shape index (κ3) is 4.84. The maximum absolute atomic E-state index is 13.1. The fourth-order valence-corrected chi connectivity index (χ4v) is 5.76. The minimum Gasteiger partial charge on any atom is -0.444 e. The van der Waals surface area contributed by atoms with E-state index in [4.69, 9.17) is 9.15 Å². The largest absolute Gasteiger partial charge is 0.444 e. The van der Waals surface area contributed by atoms with Crippen LogP contribution in [0.15, 0.2) is 32.3 Å². The molecule has 1 aromatic carbocycles. The van der Waals surface area contributed by atoms with Gasteiger partial charge in [-0.1, -0.05) is 0 Å². The van der Waals surface area contributed by atoms with Crippen molar-refractivity contribution in [2.75, 3.05) is 39.3 Å². The van der Waals surface area contributed by atoms with E-state index in [1.165, 1.54) is 16.4 Å². The molecule has 176 valence electrons. The van der Waals surface area contributed by atoms with Gasteiger partial charge in [0.05, 0.1) is 10.4 Å². The van der Waals surface area contributed by atoms with E-state index < -0.39 is 21.4 Å². The number of aromatic nitrogens is 1. The number of oxazole rings is 1. The summed E-state index contributed by atoms with van der Waals surface area (Å²) in [4.78, 5) is 30.3. The zero-order valence-corrected chi connectivity index (χ0v) is 19.5. The number of sulfonamides is 1. The monoisotopic (exact) mass is 466 g/mol. The highest BCUT2D eigenvalue weighted by Crippen LogP contribution is 2.26. The van der Waals surface area contributed by atoms with Gasteiger partial charge in [-0.05, 0) is 45.7 Å². The smallest absolute Gasteiger partial charge is 0.417 e. The minimum absolute atomic E-state index is 0.122. The van der Waals surface area contributed by atoms with Crippen molar-refractivity contribution in [3.8, 4) is 0 Å². The predicted octanol–water partition coefficient (Wildman–Crippen LogP) is 1.83. The normalized spacial score (nSPS) is 20.0. The molecule has 3 heterocycles. The number of amides is 1. The van der Waals surface area contributed by atoms with Gasteiger partial charge in [-0.25, -0.2) is 18.0 Å². The average Bonchev–Trinajstić information content (AvgIpc) is 3.12. The topological polar surface area (TPSA) is 116 Å². The van der Waals surface area contributed by atoms with Gasteiger partial charge in [-0.3, -0.25) is 9.88 Å².